The first-order valence-corrected chi connectivity index (χ1v) is 7.80. The van der Waals surface area contributed by atoms with E-state index in [-0.39, 0.29) is 5.75 Å². The topological polar surface area (TPSA) is 66.7 Å². The summed E-state index contributed by atoms with van der Waals surface area (Å²) in [6, 6.07) is 14.6. The van der Waals surface area contributed by atoms with Gasteiger partial charge in [0.25, 0.3) is 0 Å². The van der Waals surface area contributed by atoms with Crippen molar-refractivity contribution in [2.45, 2.75) is 0 Å². The summed E-state index contributed by atoms with van der Waals surface area (Å²) in [6.45, 7) is 0. The van der Waals surface area contributed by atoms with Crippen molar-refractivity contribution in [1.82, 2.24) is 4.98 Å². The van der Waals surface area contributed by atoms with Crippen molar-refractivity contribution < 1.29 is 9.84 Å². The lowest BCUT2D eigenvalue weighted by Crippen LogP contribution is -1.90. The molecule has 5 nitrogen and oxygen atoms in total. The van der Waals surface area contributed by atoms with Crippen LogP contribution in [0.1, 0.15) is 5.56 Å². The van der Waals surface area contributed by atoms with Crippen molar-refractivity contribution in [3.8, 4) is 22.8 Å². The monoisotopic (exact) mass is 325 g/mol. The van der Waals surface area contributed by atoms with E-state index >= 15 is 0 Å². The number of aromatic nitrogens is 1. The zero-order valence-electron chi connectivity index (χ0n) is 12.4. The number of phenols is 1. The average Bonchev–Trinajstić information content (AvgIpc) is 3.04. The van der Waals surface area contributed by atoms with Crippen LogP contribution in [0.2, 0.25) is 0 Å². The number of methoxy groups -OCH3 is 1. The molecule has 0 saturated carbocycles. The second kappa shape index (κ2) is 6.93. The molecular formula is C17H15N3O2S. The van der Waals surface area contributed by atoms with E-state index in [1.807, 2.05) is 35.7 Å². The number of anilines is 1. The lowest BCUT2D eigenvalue weighted by Gasteiger charge is -1.99. The Bertz CT molecular complexity index is 813. The number of aromatic hydroxyl groups is 1. The number of ether oxygens (including phenoxy) is 1. The minimum Gasteiger partial charge on any atom is -0.508 e. The third-order valence-electron chi connectivity index (χ3n) is 3.14. The summed E-state index contributed by atoms with van der Waals surface area (Å²) in [6.07, 6.45) is 1.72. The lowest BCUT2D eigenvalue weighted by atomic mass is 10.2. The van der Waals surface area contributed by atoms with Crippen LogP contribution in [0.4, 0.5) is 5.13 Å². The van der Waals surface area contributed by atoms with Crippen molar-refractivity contribution in [3.63, 3.8) is 0 Å². The molecule has 0 spiro atoms. The van der Waals surface area contributed by atoms with Crippen LogP contribution in [0.25, 0.3) is 11.3 Å². The summed E-state index contributed by atoms with van der Waals surface area (Å²) in [7, 11) is 1.64. The van der Waals surface area contributed by atoms with E-state index in [1.165, 1.54) is 11.3 Å². The van der Waals surface area contributed by atoms with E-state index in [0.717, 1.165) is 22.6 Å². The number of nitrogens with zero attached hydrogens (tertiary/aromatic N) is 2. The highest BCUT2D eigenvalue weighted by Gasteiger charge is 2.04. The number of thiazole rings is 1. The van der Waals surface area contributed by atoms with Gasteiger partial charge in [-0.3, -0.25) is 5.43 Å². The van der Waals surface area contributed by atoms with Crippen LogP contribution in [-0.4, -0.2) is 23.4 Å². The van der Waals surface area contributed by atoms with Crippen molar-refractivity contribution in [3.05, 3.63) is 59.5 Å². The molecule has 0 aliphatic heterocycles. The first-order valence-electron chi connectivity index (χ1n) is 6.92. The number of benzene rings is 2. The maximum atomic E-state index is 9.51. The van der Waals surface area contributed by atoms with Gasteiger partial charge in [-0.1, -0.05) is 12.1 Å². The zero-order valence-corrected chi connectivity index (χ0v) is 13.2. The highest BCUT2D eigenvalue weighted by molar-refractivity contribution is 7.14. The van der Waals surface area contributed by atoms with E-state index in [0.29, 0.717) is 5.13 Å². The first kappa shape index (κ1) is 15.1. The molecule has 2 aromatic carbocycles. The zero-order chi connectivity index (χ0) is 16.1. The average molecular weight is 325 g/mol. The largest absolute Gasteiger partial charge is 0.508 e. The fourth-order valence-electron chi connectivity index (χ4n) is 1.97. The normalized spacial score (nSPS) is 10.8. The summed E-state index contributed by atoms with van der Waals surface area (Å²) >= 11 is 1.45. The molecule has 116 valence electrons. The number of hydrogen-bond donors (Lipinski definition) is 2. The molecular weight excluding hydrogens is 310 g/mol. The summed E-state index contributed by atoms with van der Waals surface area (Å²) in [5, 5.41) is 16.3. The number of phenolic OH excluding ortho intramolecular Hbond substituents is 1. The van der Waals surface area contributed by atoms with E-state index in [2.05, 4.69) is 15.5 Å². The van der Waals surface area contributed by atoms with Crippen LogP contribution in [0.3, 0.4) is 0 Å². The fourth-order valence-corrected chi connectivity index (χ4v) is 2.64. The second-order valence-electron chi connectivity index (χ2n) is 4.73. The molecule has 0 atom stereocenters. The van der Waals surface area contributed by atoms with Crippen LogP contribution >= 0.6 is 11.3 Å². The predicted molar refractivity (Wildman–Crippen MR) is 93.4 cm³/mol. The van der Waals surface area contributed by atoms with E-state index < -0.39 is 0 Å². The SMILES string of the molecule is COc1ccc(/C=N\Nc2nc(-c3cccc(O)c3)cs2)cc1. The fraction of sp³-hybridized carbons (Fsp3) is 0.0588. The minimum absolute atomic E-state index is 0.225. The Labute approximate surface area is 137 Å². The Morgan fingerprint density at radius 2 is 2.04 bits per heavy atom. The smallest absolute Gasteiger partial charge is 0.203 e. The van der Waals surface area contributed by atoms with Gasteiger partial charge in [0.05, 0.1) is 19.0 Å². The van der Waals surface area contributed by atoms with E-state index in [1.54, 1.807) is 31.5 Å². The predicted octanol–water partition coefficient (Wildman–Crippen LogP) is 3.97. The lowest BCUT2D eigenvalue weighted by molar-refractivity contribution is 0.415. The quantitative estimate of drug-likeness (QED) is 0.550. The molecule has 0 saturated heterocycles. The number of rotatable bonds is 5. The molecule has 0 bridgehead atoms. The van der Waals surface area contributed by atoms with Crippen LogP contribution in [-0.2, 0) is 0 Å². The van der Waals surface area contributed by atoms with Crippen LogP contribution in [0.5, 0.6) is 11.5 Å². The Morgan fingerprint density at radius 3 is 2.78 bits per heavy atom. The van der Waals surface area contributed by atoms with Crippen molar-refractivity contribution >= 4 is 22.7 Å². The summed E-state index contributed by atoms with van der Waals surface area (Å²) in [4.78, 5) is 4.44. The molecule has 0 aliphatic rings. The third kappa shape index (κ3) is 3.87. The molecule has 23 heavy (non-hydrogen) atoms. The van der Waals surface area contributed by atoms with Crippen molar-refractivity contribution in [2.24, 2.45) is 5.10 Å². The molecule has 6 heteroatoms. The molecule has 0 amide bonds. The van der Waals surface area contributed by atoms with E-state index in [9.17, 15) is 5.11 Å². The molecule has 0 fully saturated rings. The highest BCUT2D eigenvalue weighted by atomic mass is 32.1. The van der Waals surface area contributed by atoms with Gasteiger partial charge in [-0.05, 0) is 42.0 Å². The number of nitrogens with one attached hydrogen (secondary N) is 1. The second-order valence-corrected chi connectivity index (χ2v) is 5.59. The van der Waals surface area contributed by atoms with Gasteiger partial charge in [-0.25, -0.2) is 4.98 Å². The van der Waals surface area contributed by atoms with Gasteiger partial charge in [0.15, 0.2) is 0 Å². The van der Waals surface area contributed by atoms with Gasteiger partial charge >= 0.3 is 0 Å². The van der Waals surface area contributed by atoms with Crippen LogP contribution in [0, 0.1) is 0 Å². The van der Waals surface area contributed by atoms with Gasteiger partial charge in [0.2, 0.25) is 5.13 Å². The maximum Gasteiger partial charge on any atom is 0.203 e. The van der Waals surface area contributed by atoms with Crippen LogP contribution in [0.15, 0.2) is 59.0 Å². The van der Waals surface area contributed by atoms with Gasteiger partial charge in [-0.2, -0.15) is 5.10 Å². The minimum atomic E-state index is 0.225. The molecule has 1 heterocycles. The number of hydrazone groups is 1. The van der Waals surface area contributed by atoms with Crippen LogP contribution < -0.4 is 10.2 Å². The summed E-state index contributed by atoms with van der Waals surface area (Å²) in [5.41, 5.74) is 5.54. The molecule has 0 unspecified atom stereocenters. The Balaban J connectivity index is 1.65. The summed E-state index contributed by atoms with van der Waals surface area (Å²) in [5.74, 6) is 1.04. The Hall–Kier alpha value is -2.86. The van der Waals surface area contributed by atoms with Gasteiger partial charge in [0, 0.05) is 10.9 Å². The standard InChI is InChI=1S/C17H15N3O2S/c1-22-15-7-5-12(6-8-15)10-18-20-17-19-16(11-23-17)13-3-2-4-14(21)9-13/h2-11,21H,1H3,(H,19,20)/b18-10-. The molecule has 2 N–H and O–H groups in total. The summed E-state index contributed by atoms with van der Waals surface area (Å²) < 4.78 is 5.11. The molecule has 3 aromatic rings. The first-order chi connectivity index (χ1) is 11.2. The third-order valence-corrected chi connectivity index (χ3v) is 3.88. The van der Waals surface area contributed by atoms with Gasteiger partial charge < -0.3 is 9.84 Å². The molecule has 0 radical (unpaired) electrons. The van der Waals surface area contributed by atoms with E-state index in [4.69, 9.17) is 4.74 Å². The maximum absolute atomic E-state index is 9.51. The molecule has 3 rings (SSSR count). The van der Waals surface area contributed by atoms with Crippen molar-refractivity contribution in [1.29, 1.82) is 0 Å². The van der Waals surface area contributed by atoms with Gasteiger partial charge in [-0.15, -0.1) is 11.3 Å². The molecule has 1 aromatic heterocycles. The van der Waals surface area contributed by atoms with Gasteiger partial charge in [0.1, 0.15) is 11.5 Å². The number of hydrogen-bond acceptors (Lipinski definition) is 6. The van der Waals surface area contributed by atoms with Crippen molar-refractivity contribution in [2.75, 3.05) is 12.5 Å². The highest BCUT2D eigenvalue weighted by Crippen LogP contribution is 2.26. The Morgan fingerprint density at radius 1 is 1.22 bits per heavy atom. The molecule has 0 aliphatic carbocycles. The Kier molecular flexibility index (Phi) is 4.54.